The molecule has 0 spiro atoms. The van der Waals surface area contributed by atoms with Crippen molar-refractivity contribution in [3.8, 4) is 0 Å². The van der Waals surface area contributed by atoms with Crippen molar-refractivity contribution in [3.05, 3.63) is 0 Å². The summed E-state index contributed by atoms with van der Waals surface area (Å²) in [4.78, 5) is 0. The van der Waals surface area contributed by atoms with E-state index < -0.39 is 40.2 Å². The van der Waals surface area contributed by atoms with E-state index in [9.17, 15) is 18.6 Å². The predicted molar refractivity (Wildman–Crippen MR) is 103 cm³/mol. The average Bonchev–Trinajstić information content (AvgIpc) is 2.91. The number of hydrogen-bond acceptors (Lipinski definition) is 6. The molecule has 3 N–H and O–H groups in total. The Morgan fingerprint density at radius 3 is 1.65 bits per heavy atom. The third-order valence-electron chi connectivity index (χ3n) is 5.13. The van der Waals surface area contributed by atoms with Gasteiger partial charge in [-0.25, -0.2) is 8.42 Å². The Bertz CT molecular complexity index is 453. The zero-order valence-electron chi connectivity index (χ0n) is 16.2. The minimum Gasteiger partial charge on any atom is -0.394 e. The van der Waals surface area contributed by atoms with E-state index in [1.807, 2.05) is 0 Å². The lowest BCUT2D eigenvalue weighted by atomic mass is 10.1. The van der Waals surface area contributed by atoms with E-state index >= 15 is 0 Å². The average molecular weight is 395 g/mol. The Balaban J connectivity index is 2.07. The van der Waals surface area contributed by atoms with E-state index in [0.717, 1.165) is 19.3 Å². The van der Waals surface area contributed by atoms with Crippen molar-refractivity contribution in [2.24, 2.45) is 0 Å². The number of aliphatic hydroxyl groups excluding tert-OH is 3. The molecule has 0 aromatic rings. The third kappa shape index (κ3) is 8.21. The van der Waals surface area contributed by atoms with Gasteiger partial charge in [0, 0.05) is 0 Å². The number of ether oxygens (including phenoxy) is 1. The lowest BCUT2D eigenvalue weighted by molar-refractivity contribution is -0.00880. The predicted octanol–water partition coefficient (Wildman–Crippen LogP) is 2.54. The van der Waals surface area contributed by atoms with Gasteiger partial charge in [0.2, 0.25) is 0 Å². The van der Waals surface area contributed by atoms with E-state index in [-0.39, 0.29) is 5.75 Å². The highest BCUT2D eigenvalue weighted by Gasteiger charge is 2.48. The quantitative estimate of drug-likeness (QED) is 0.369. The molecular formula is C19H38O6S. The minimum absolute atomic E-state index is 0.0585. The molecule has 0 radical (unpaired) electrons. The molecule has 0 aromatic carbocycles. The zero-order valence-corrected chi connectivity index (χ0v) is 17.0. The van der Waals surface area contributed by atoms with Crippen LogP contribution in [0.4, 0.5) is 0 Å². The van der Waals surface area contributed by atoms with Crippen LogP contribution < -0.4 is 0 Å². The summed E-state index contributed by atoms with van der Waals surface area (Å²) in [5.41, 5.74) is -1.43. The molecule has 1 fully saturated rings. The van der Waals surface area contributed by atoms with Crippen LogP contribution in [0.15, 0.2) is 0 Å². The van der Waals surface area contributed by atoms with E-state index in [1.54, 1.807) is 0 Å². The maximum atomic E-state index is 12.3. The molecule has 0 aliphatic carbocycles. The highest BCUT2D eigenvalue weighted by Crippen LogP contribution is 2.26. The van der Waals surface area contributed by atoms with Crippen LogP contribution in [0.5, 0.6) is 0 Å². The van der Waals surface area contributed by atoms with E-state index in [4.69, 9.17) is 9.84 Å². The monoisotopic (exact) mass is 394 g/mol. The highest BCUT2D eigenvalue weighted by atomic mass is 32.2. The molecule has 1 rings (SSSR count). The second kappa shape index (κ2) is 13.0. The summed E-state index contributed by atoms with van der Waals surface area (Å²) in [5.74, 6) is -0.0585. The summed E-state index contributed by atoms with van der Waals surface area (Å²) in [6.45, 7) is 1.71. The third-order valence-corrected chi connectivity index (χ3v) is 7.09. The van der Waals surface area contributed by atoms with Crippen LogP contribution in [-0.2, 0) is 14.6 Å². The number of hydrogen-bond donors (Lipinski definition) is 3. The summed E-state index contributed by atoms with van der Waals surface area (Å²) in [6.07, 6.45) is 10.0. The molecule has 0 saturated carbocycles. The summed E-state index contributed by atoms with van der Waals surface area (Å²) in [7, 11) is -3.64. The summed E-state index contributed by atoms with van der Waals surface area (Å²) in [5, 5.41) is 28.5. The lowest BCUT2D eigenvalue weighted by Crippen LogP contribution is -2.37. The summed E-state index contributed by atoms with van der Waals surface area (Å²) >= 11 is 0. The van der Waals surface area contributed by atoms with Crippen molar-refractivity contribution >= 4 is 9.84 Å². The summed E-state index contributed by atoms with van der Waals surface area (Å²) < 4.78 is 29.6. The van der Waals surface area contributed by atoms with Crippen molar-refractivity contribution in [1.82, 2.24) is 0 Å². The first-order valence-electron chi connectivity index (χ1n) is 10.3. The maximum Gasteiger partial charge on any atom is 0.187 e. The van der Waals surface area contributed by atoms with Gasteiger partial charge in [-0.1, -0.05) is 77.6 Å². The Labute approximate surface area is 158 Å². The highest BCUT2D eigenvalue weighted by molar-refractivity contribution is 7.91. The Hall–Kier alpha value is -0.210. The van der Waals surface area contributed by atoms with Gasteiger partial charge in [0.05, 0.1) is 12.4 Å². The van der Waals surface area contributed by atoms with E-state index in [2.05, 4.69) is 6.92 Å². The van der Waals surface area contributed by atoms with E-state index in [0.29, 0.717) is 6.42 Å². The van der Waals surface area contributed by atoms with Crippen LogP contribution in [0.25, 0.3) is 0 Å². The molecule has 1 aliphatic rings. The van der Waals surface area contributed by atoms with Crippen LogP contribution >= 0.6 is 0 Å². The Kier molecular flexibility index (Phi) is 12.0. The Morgan fingerprint density at radius 2 is 1.23 bits per heavy atom. The molecule has 0 amide bonds. The Morgan fingerprint density at radius 1 is 0.769 bits per heavy atom. The first-order chi connectivity index (χ1) is 12.4. The smallest absolute Gasteiger partial charge is 0.187 e. The minimum atomic E-state index is -3.64. The molecule has 26 heavy (non-hydrogen) atoms. The molecule has 0 bridgehead atoms. The van der Waals surface area contributed by atoms with Crippen molar-refractivity contribution in [1.29, 1.82) is 0 Å². The van der Waals surface area contributed by atoms with Gasteiger partial charge in [-0.2, -0.15) is 0 Å². The number of sulfone groups is 1. The second-order valence-corrected chi connectivity index (χ2v) is 9.66. The van der Waals surface area contributed by atoms with Crippen LogP contribution in [0.3, 0.4) is 0 Å². The molecule has 1 saturated heterocycles. The molecule has 0 aromatic heterocycles. The van der Waals surface area contributed by atoms with Crippen LogP contribution in [0, 0.1) is 0 Å². The standard InChI is InChI=1S/C19H38O6S/c1-2-3-4-5-6-7-8-9-10-11-12-13-14-26(23,24)19-18(22)17(21)16(15-20)25-19/h16-22H,2-15H2,1H3/t16-,17-,18+,19+/m1/s1. The van der Waals surface area contributed by atoms with Crippen LogP contribution in [0.1, 0.15) is 84.0 Å². The molecule has 1 aliphatic heterocycles. The van der Waals surface area contributed by atoms with Gasteiger partial charge in [0.1, 0.15) is 18.3 Å². The normalized spacial score (nSPS) is 26.5. The fourth-order valence-electron chi connectivity index (χ4n) is 3.42. The zero-order chi connectivity index (χ0) is 19.4. The fraction of sp³-hybridized carbons (Fsp3) is 1.00. The van der Waals surface area contributed by atoms with Gasteiger partial charge in [-0.15, -0.1) is 0 Å². The van der Waals surface area contributed by atoms with Gasteiger partial charge in [0.25, 0.3) is 0 Å². The topological polar surface area (TPSA) is 104 Å². The van der Waals surface area contributed by atoms with Crippen LogP contribution in [0.2, 0.25) is 0 Å². The van der Waals surface area contributed by atoms with Crippen molar-refractivity contribution in [2.75, 3.05) is 12.4 Å². The molecule has 156 valence electrons. The number of rotatable bonds is 15. The molecular weight excluding hydrogens is 356 g/mol. The molecule has 4 atom stereocenters. The van der Waals surface area contributed by atoms with Gasteiger partial charge in [-0.05, 0) is 6.42 Å². The first kappa shape index (κ1) is 23.8. The first-order valence-corrected chi connectivity index (χ1v) is 12.0. The van der Waals surface area contributed by atoms with Gasteiger partial charge < -0.3 is 20.1 Å². The number of unbranched alkanes of at least 4 members (excludes halogenated alkanes) is 11. The SMILES string of the molecule is CCCCCCCCCCCCCCS(=O)(=O)[C@@H]1O[C@H](CO)[C@@H](O)[C@@H]1O. The van der Waals surface area contributed by atoms with Crippen LogP contribution in [-0.4, -0.2) is 59.8 Å². The maximum absolute atomic E-state index is 12.3. The fourth-order valence-corrected chi connectivity index (χ4v) is 5.16. The van der Waals surface area contributed by atoms with Crippen molar-refractivity contribution in [3.63, 3.8) is 0 Å². The second-order valence-electron chi connectivity index (χ2n) is 7.46. The van der Waals surface area contributed by atoms with Crippen molar-refractivity contribution in [2.45, 2.75) is 108 Å². The molecule has 1 heterocycles. The van der Waals surface area contributed by atoms with Gasteiger partial charge >= 0.3 is 0 Å². The van der Waals surface area contributed by atoms with E-state index in [1.165, 1.54) is 51.4 Å². The number of aliphatic hydroxyl groups is 3. The lowest BCUT2D eigenvalue weighted by Gasteiger charge is -2.15. The molecule has 6 nitrogen and oxygen atoms in total. The molecule has 0 unspecified atom stereocenters. The van der Waals surface area contributed by atoms with Crippen molar-refractivity contribution < 1.29 is 28.5 Å². The largest absolute Gasteiger partial charge is 0.394 e. The summed E-state index contributed by atoms with van der Waals surface area (Å²) in [6, 6.07) is 0. The van der Waals surface area contributed by atoms with Gasteiger partial charge in [-0.3, -0.25) is 0 Å². The van der Waals surface area contributed by atoms with Gasteiger partial charge in [0.15, 0.2) is 15.3 Å². The molecule has 7 heteroatoms.